The van der Waals surface area contributed by atoms with Crippen molar-refractivity contribution in [2.75, 3.05) is 11.9 Å². The number of rotatable bonds is 6. The van der Waals surface area contributed by atoms with Crippen LogP contribution in [-0.4, -0.2) is 33.4 Å². The van der Waals surface area contributed by atoms with Crippen LogP contribution in [0.25, 0.3) is 10.8 Å². The molecule has 0 saturated heterocycles. The van der Waals surface area contributed by atoms with Crippen LogP contribution in [0.2, 0.25) is 0 Å². The fourth-order valence-electron chi connectivity index (χ4n) is 2.23. The maximum Gasteiger partial charge on any atom is 0.358 e. The van der Waals surface area contributed by atoms with Gasteiger partial charge in [0, 0.05) is 23.5 Å². The van der Waals surface area contributed by atoms with Crippen molar-refractivity contribution >= 4 is 28.9 Å². The molecule has 2 aromatic heterocycles. The van der Waals surface area contributed by atoms with Gasteiger partial charge in [0.25, 0.3) is 5.91 Å². The van der Waals surface area contributed by atoms with E-state index in [0.29, 0.717) is 22.4 Å². The zero-order valence-corrected chi connectivity index (χ0v) is 15.7. The molecule has 3 aromatic rings. The predicted octanol–water partition coefficient (Wildman–Crippen LogP) is 3.52. The summed E-state index contributed by atoms with van der Waals surface area (Å²) < 4.78 is 5.03. The minimum Gasteiger partial charge on any atom is -0.451 e. The van der Waals surface area contributed by atoms with E-state index in [4.69, 9.17) is 4.74 Å². The summed E-state index contributed by atoms with van der Waals surface area (Å²) in [6, 6.07) is 9.24. The second kappa shape index (κ2) is 8.50. The average molecular weight is 382 g/mol. The number of anilines is 1. The normalized spacial score (nSPS) is 10.6. The summed E-state index contributed by atoms with van der Waals surface area (Å²) in [5.41, 5.74) is 1.95. The average Bonchev–Trinajstić information content (AvgIpc) is 3.17. The Labute approximate surface area is 160 Å². The lowest BCUT2D eigenvalue weighted by Crippen LogP contribution is -2.21. The number of aromatic nitrogens is 3. The van der Waals surface area contributed by atoms with Crippen molar-refractivity contribution in [2.24, 2.45) is 0 Å². The number of benzene rings is 1. The van der Waals surface area contributed by atoms with Crippen molar-refractivity contribution in [3.05, 3.63) is 59.4 Å². The van der Waals surface area contributed by atoms with Crippen LogP contribution in [0.1, 0.15) is 35.8 Å². The van der Waals surface area contributed by atoms with E-state index in [2.05, 4.69) is 34.1 Å². The predicted molar refractivity (Wildman–Crippen MR) is 103 cm³/mol. The standard InChI is InChI=1S/C19H18N4O3S/c1-12(2)13-4-6-14(7-5-13)22-16(24)10-26-19(25)15-11-27-18(23-15)17-20-8-3-9-21-17/h3-9,11-12H,10H2,1-2H3,(H,22,24). The first kappa shape index (κ1) is 18.7. The summed E-state index contributed by atoms with van der Waals surface area (Å²) in [5.74, 6) is -0.231. The first-order chi connectivity index (χ1) is 13.0. The van der Waals surface area contributed by atoms with Gasteiger partial charge in [0.1, 0.15) is 0 Å². The zero-order chi connectivity index (χ0) is 19.2. The summed E-state index contributed by atoms with van der Waals surface area (Å²) in [6.45, 7) is 3.81. The highest BCUT2D eigenvalue weighted by Gasteiger charge is 2.16. The number of hydrogen-bond acceptors (Lipinski definition) is 7. The molecular formula is C19H18N4O3S. The molecule has 138 valence electrons. The Balaban J connectivity index is 1.53. The van der Waals surface area contributed by atoms with E-state index in [9.17, 15) is 9.59 Å². The minimum absolute atomic E-state index is 0.122. The third-order valence-corrected chi connectivity index (χ3v) is 4.50. The largest absolute Gasteiger partial charge is 0.451 e. The van der Waals surface area contributed by atoms with E-state index in [0.717, 1.165) is 0 Å². The van der Waals surface area contributed by atoms with Crippen LogP contribution < -0.4 is 5.32 Å². The summed E-state index contributed by atoms with van der Waals surface area (Å²) in [5, 5.41) is 4.76. The summed E-state index contributed by atoms with van der Waals surface area (Å²) >= 11 is 1.23. The van der Waals surface area contributed by atoms with Crippen LogP contribution in [0.3, 0.4) is 0 Å². The van der Waals surface area contributed by atoms with Crippen LogP contribution in [0.5, 0.6) is 0 Å². The molecule has 7 nitrogen and oxygen atoms in total. The molecule has 27 heavy (non-hydrogen) atoms. The van der Waals surface area contributed by atoms with Gasteiger partial charge in [-0.05, 0) is 29.7 Å². The van der Waals surface area contributed by atoms with Gasteiger partial charge in [0.05, 0.1) is 0 Å². The zero-order valence-electron chi connectivity index (χ0n) is 14.9. The Morgan fingerprint density at radius 1 is 1.15 bits per heavy atom. The smallest absolute Gasteiger partial charge is 0.358 e. The SMILES string of the molecule is CC(C)c1ccc(NC(=O)COC(=O)c2csc(-c3ncccn3)n2)cc1. The second-order valence-electron chi connectivity index (χ2n) is 6.01. The molecule has 0 atom stereocenters. The van der Waals surface area contributed by atoms with Gasteiger partial charge in [0.15, 0.2) is 23.1 Å². The van der Waals surface area contributed by atoms with E-state index in [1.54, 1.807) is 23.8 Å². The van der Waals surface area contributed by atoms with Crippen molar-refractivity contribution in [3.8, 4) is 10.8 Å². The minimum atomic E-state index is -0.668. The molecule has 8 heteroatoms. The highest BCUT2D eigenvalue weighted by atomic mass is 32.1. The van der Waals surface area contributed by atoms with Crippen molar-refractivity contribution < 1.29 is 14.3 Å². The number of thiazole rings is 1. The number of nitrogens with one attached hydrogen (secondary N) is 1. The molecule has 0 radical (unpaired) electrons. The molecule has 1 N–H and O–H groups in total. The fourth-order valence-corrected chi connectivity index (χ4v) is 2.97. The Hall–Kier alpha value is -3.13. The van der Waals surface area contributed by atoms with Crippen molar-refractivity contribution in [1.29, 1.82) is 0 Å². The molecule has 0 saturated carbocycles. The molecule has 0 spiro atoms. The van der Waals surface area contributed by atoms with Gasteiger partial charge in [-0.25, -0.2) is 19.7 Å². The fraction of sp³-hybridized carbons (Fsp3) is 0.211. The van der Waals surface area contributed by atoms with Crippen LogP contribution in [0, 0.1) is 0 Å². The van der Waals surface area contributed by atoms with E-state index < -0.39 is 11.9 Å². The second-order valence-corrected chi connectivity index (χ2v) is 6.87. The van der Waals surface area contributed by atoms with Crippen LogP contribution in [-0.2, 0) is 9.53 Å². The number of carbonyl (C=O) groups excluding carboxylic acids is 2. The van der Waals surface area contributed by atoms with Gasteiger partial charge >= 0.3 is 5.97 Å². The molecule has 0 aliphatic carbocycles. The number of ether oxygens (including phenoxy) is 1. The van der Waals surface area contributed by atoms with Crippen LogP contribution in [0.4, 0.5) is 5.69 Å². The van der Waals surface area contributed by atoms with Gasteiger partial charge < -0.3 is 10.1 Å². The highest BCUT2D eigenvalue weighted by molar-refractivity contribution is 7.13. The maximum atomic E-state index is 12.1. The molecule has 0 aliphatic rings. The number of amides is 1. The lowest BCUT2D eigenvalue weighted by atomic mass is 10.0. The van der Waals surface area contributed by atoms with E-state index in [1.807, 2.05) is 24.3 Å². The molecule has 0 fully saturated rings. The topological polar surface area (TPSA) is 94.1 Å². The van der Waals surface area contributed by atoms with Gasteiger partial charge in [-0.1, -0.05) is 26.0 Å². The third-order valence-electron chi connectivity index (χ3n) is 3.67. The summed E-state index contributed by atoms with van der Waals surface area (Å²) in [7, 11) is 0. The Bertz CT molecular complexity index is 924. The quantitative estimate of drug-likeness (QED) is 0.656. The lowest BCUT2D eigenvalue weighted by Gasteiger charge is -2.08. The number of nitrogens with zero attached hydrogens (tertiary/aromatic N) is 3. The monoisotopic (exact) mass is 382 g/mol. The number of esters is 1. The Morgan fingerprint density at radius 2 is 1.85 bits per heavy atom. The van der Waals surface area contributed by atoms with Crippen molar-refractivity contribution in [2.45, 2.75) is 19.8 Å². The first-order valence-electron chi connectivity index (χ1n) is 8.33. The molecule has 3 rings (SSSR count). The maximum absolute atomic E-state index is 12.1. The lowest BCUT2D eigenvalue weighted by molar-refractivity contribution is -0.119. The van der Waals surface area contributed by atoms with Crippen LogP contribution >= 0.6 is 11.3 Å². The molecule has 0 unspecified atom stereocenters. The Morgan fingerprint density at radius 3 is 2.52 bits per heavy atom. The van der Waals surface area contributed by atoms with Gasteiger partial charge in [-0.3, -0.25) is 4.79 Å². The van der Waals surface area contributed by atoms with Gasteiger partial charge in [-0.2, -0.15) is 0 Å². The van der Waals surface area contributed by atoms with Gasteiger partial charge in [-0.15, -0.1) is 11.3 Å². The molecular weight excluding hydrogens is 364 g/mol. The third kappa shape index (κ3) is 4.95. The first-order valence-corrected chi connectivity index (χ1v) is 9.20. The molecule has 0 aliphatic heterocycles. The van der Waals surface area contributed by atoms with Crippen molar-refractivity contribution in [1.82, 2.24) is 15.0 Å². The van der Waals surface area contributed by atoms with E-state index in [1.165, 1.54) is 16.9 Å². The molecule has 0 bridgehead atoms. The Kier molecular flexibility index (Phi) is 5.87. The van der Waals surface area contributed by atoms with Crippen LogP contribution in [0.15, 0.2) is 48.1 Å². The van der Waals surface area contributed by atoms with E-state index in [-0.39, 0.29) is 12.3 Å². The highest BCUT2D eigenvalue weighted by Crippen LogP contribution is 2.20. The van der Waals surface area contributed by atoms with Crippen molar-refractivity contribution in [3.63, 3.8) is 0 Å². The summed E-state index contributed by atoms with van der Waals surface area (Å²) in [6.07, 6.45) is 3.19. The molecule has 2 heterocycles. The van der Waals surface area contributed by atoms with E-state index >= 15 is 0 Å². The number of carbonyl (C=O) groups is 2. The molecule has 1 amide bonds. The summed E-state index contributed by atoms with van der Waals surface area (Å²) in [4.78, 5) is 36.4. The molecule has 1 aromatic carbocycles. The van der Waals surface area contributed by atoms with Gasteiger partial charge in [0.2, 0.25) is 0 Å². The number of hydrogen-bond donors (Lipinski definition) is 1.